The molecule has 0 unspecified atom stereocenters. The molecule has 2 aromatic carbocycles. The molecule has 1 aliphatic carbocycles. The summed E-state index contributed by atoms with van der Waals surface area (Å²) >= 11 is 0. The van der Waals surface area contributed by atoms with Crippen molar-refractivity contribution in [1.82, 2.24) is 9.88 Å². The number of nitrogens with one attached hydrogen (secondary N) is 1. The number of carboxylic acid groups (broad SMARTS) is 1. The van der Waals surface area contributed by atoms with Gasteiger partial charge in [0.15, 0.2) is 0 Å². The van der Waals surface area contributed by atoms with E-state index in [0.29, 0.717) is 36.2 Å². The molecule has 2 N–H and O–H groups in total. The summed E-state index contributed by atoms with van der Waals surface area (Å²) in [5.74, 6) is 0.719. The van der Waals surface area contributed by atoms with Gasteiger partial charge in [0.1, 0.15) is 5.75 Å². The molecule has 0 spiro atoms. The van der Waals surface area contributed by atoms with Crippen LogP contribution in [0.5, 0.6) is 5.75 Å². The van der Waals surface area contributed by atoms with Gasteiger partial charge < -0.3 is 19.7 Å². The Bertz CT molecular complexity index is 1220. The van der Waals surface area contributed by atoms with Crippen molar-refractivity contribution < 1.29 is 19.4 Å². The monoisotopic (exact) mass is 490 g/mol. The van der Waals surface area contributed by atoms with Gasteiger partial charge in [0.2, 0.25) is 0 Å². The molecule has 0 aliphatic heterocycles. The zero-order valence-corrected chi connectivity index (χ0v) is 21.7. The van der Waals surface area contributed by atoms with Crippen LogP contribution in [0.25, 0.3) is 10.9 Å². The van der Waals surface area contributed by atoms with Gasteiger partial charge in [-0.15, -0.1) is 0 Å². The fourth-order valence-corrected chi connectivity index (χ4v) is 5.44. The molecular formula is C30H38N2O4. The van der Waals surface area contributed by atoms with E-state index >= 15 is 0 Å². The number of carboxylic acids is 1. The maximum atomic E-state index is 13.0. The molecule has 6 nitrogen and oxygen atoms in total. The van der Waals surface area contributed by atoms with Crippen molar-refractivity contribution in [3.05, 3.63) is 64.8 Å². The quantitative estimate of drug-likeness (QED) is 0.331. The number of amides is 1. The summed E-state index contributed by atoms with van der Waals surface area (Å²) < 4.78 is 7.71. The second-order valence-corrected chi connectivity index (χ2v) is 10.1. The average molecular weight is 491 g/mol. The first kappa shape index (κ1) is 25.8. The molecule has 4 rings (SSSR count). The molecule has 36 heavy (non-hydrogen) atoms. The van der Waals surface area contributed by atoms with E-state index in [-0.39, 0.29) is 11.5 Å². The Balaban J connectivity index is 1.68. The van der Waals surface area contributed by atoms with Crippen LogP contribution in [0.1, 0.15) is 84.2 Å². The van der Waals surface area contributed by atoms with Crippen LogP contribution in [-0.2, 0) is 13.0 Å². The van der Waals surface area contributed by atoms with E-state index in [4.69, 9.17) is 4.74 Å². The van der Waals surface area contributed by atoms with Gasteiger partial charge in [0.05, 0.1) is 19.2 Å². The van der Waals surface area contributed by atoms with Gasteiger partial charge in [-0.1, -0.05) is 64.5 Å². The van der Waals surface area contributed by atoms with Crippen LogP contribution in [0.3, 0.4) is 0 Å². The number of fused-ring (bicyclic) bond motifs is 1. The fourth-order valence-electron chi connectivity index (χ4n) is 5.44. The smallest absolute Gasteiger partial charge is 0.335 e. The van der Waals surface area contributed by atoms with Crippen LogP contribution in [0.2, 0.25) is 0 Å². The van der Waals surface area contributed by atoms with Crippen LogP contribution in [-0.4, -0.2) is 35.2 Å². The SMILES string of the molecule is CCC(CC)CNC(=O)c1ccc2c(CC3CCCC3)cn(Cc3ccc(C(=O)O)cc3OC)c2c1. The largest absolute Gasteiger partial charge is 0.496 e. The summed E-state index contributed by atoms with van der Waals surface area (Å²) in [4.78, 5) is 24.4. The number of aromatic carboxylic acids is 1. The van der Waals surface area contributed by atoms with E-state index in [1.807, 2.05) is 18.2 Å². The van der Waals surface area contributed by atoms with Crippen molar-refractivity contribution in [1.29, 1.82) is 0 Å². The van der Waals surface area contributed by atoms with Gasteiger partial charge in [-0.3, -0.25) is 4.79 Å². The fraction of sp³-hybridized carbons (Fsp3) is 0.467. The maximum Gasteiger partial charge on any atom is 0.335 e. The third kappa shape index (κ3) is 5.75. The van der Waals surface area contributed by atoms with Gasteiger partial charge in [-0.05, 0) is 48.1 Å². The predicted octanol–water partition coefficient (Wildman–Crippen LogP) is 6.30. The lowest BCUT2D eigenvalue weighted by Gasteiger charge is -2.14. The number of carbonyl (C=O) groups excluding carboxylic acids is 1. The molecular weight excluding hydrogens is 452 g/mol. The minimum atomic E-state index is -0.978. The molecule has 1 aliphatic rings. The Morgan fingerprint density at radius 2 is 1.78 bits per heavy atom. The van der Waals surface area contributed by atoms with Crippen LogP contribution in [0.4, 0.5) is 0 Å². The number of aromatic nitrogens is 1. The first-order valence-corrected chi connectivity index (χ1v) is 13.2. The lowest BCUT2D eigenvalue weighted by molar-refractivity contribution is 0.0696. The van der Waals surface area contributed by atoms with Crippen LogP contribution in [0.15, 0.2) is 42.6 Å². The first-order valence-electron chi connectivity index (χ1n) is 13.2. The summed E-state index contributed by atoms with van der Waals surface area (Å²) in [6, 6.07) is 11.0. The average Bonchev–Trinajstić information content (AvgIpc) is 3.52. The number of benzene rings is 2. The molecule has 1 fully saturated rings. The van der Waals surface area contributed by atoms with Crippen molar-refractivity contribution in [2.24, 2.45) is 11.8 Å². The third-order valence-corrected chi connectivity index (χ3v) is 7.79. The van der Waals surface area contributed by atoms with Crippen molar-refractivity contribution in [2.45, 2.75) is 65.3 Å². The highest BCUT2D eigenvalue weighted by atomic mass is 16.5. The van der Waals surface area contributed by atoms with Gasteiger partial charge >= 0.3 is 5.97 Å². The predicted molar refractivity (Wildman–Crippen MR) is 143 cm³/mol. The number of nitrogens with zero attached hydrogens (tertiary/aromatic N) is 1. The summed E-state index contributed by atoms with van der Waals surface area (Å²) in [7, 11) is 1.56. The molecule has 1 amide bonds. The van der Waals surface area contributed by atoms with E-state index in [2.05, 4.69) is 36.0 Å². The number of ether oxygens (including phenoxy) is 1. The molecule has 1 aromatic heterocycles. The van der Waals surface area contributed by atoms with Crippen LogP contribution < -0.4 is 10.1 Å². The molecule has 6 heteroatoms. The van der Waals surface area contributed by atoms with Gasteiger partial charge in [0, 0.05) is 34.8 Å². The second kappa shape index (κ2) is 11.6. The van der Waals surface area contributed by atoms with Gasteiger partial charge in [-0.25, -0.2) is 4.79 Å². The topological polar surface area (TPSA) is 80.6 Å². The van der Waals surface area contributed by atoms with E-state index < -0.39 is 5.97 Å². The number of hydrogen-bond donors (Lipinski definition) is 2. The highest BCUT2D eigenvalue weighted by molar-refractivity contribution is 5.98. The lowest BCUT2D eigenvalue weighted by atomic mass is 9.97. The third-order valence-electron chi connectivity index (χ3n) is 7.79. The summed E-state index contributed by atoms with van der Waals surface area (Å²) in [5, 5.41) is 13.7. The minimum Gasteiger partial charge on any atom is -0.496 e. The Hall–Kier alpha value is -3.28. The van der Waals surface area contributed by atoms with E-state index in [1.165, 1.54) is 36.6 Å². The van der Waals surface area contributed by atoms with Crippen molar-refractivity contribution in [2.75, 3.05) is 13.7 Å². The molecule has 0 saturated heterocycles. The summed E-state index contributed by atoms with van der Waals surface area (Å²) in [6.45, 7) is 5.53. The lowest BCUT2D eigenvalue weighted by Crippen LogP contribution is -2.28. The van der Waals surface area contributed by atoms with E-state index in [9.17, 15) is 14.7 Å². The number of hydrogen-bond acceptors (Lipinski definition) is 3. The zero-order chi connectivity index (χ0) is 25.7. The highest BCUT2D eigenvalue weighted by Crippen LogP contribution is 2.33. The molecule has 0 atom stereocenters. The van der Waals surface area contributed by atoms with Crippen LogP contribution >= 0.6 is 0 Å². The molecule has 1 heterocycles. The summed E-state index contributed by atoms with van der Waals surface area (Å²) in [5.41, 5.74) is 4.08. The van der Waals surface area contributed by atoms with Crippen LogP contribution in [0, 0.1) is 11.8 Å². The molecule has 1 saturated carbocycles. The highest BCUT2D eigenvalue weighted by Gasteiger charge is 2.20. The second-order valence-electron chi connectivity index (χ2n) is 10.1. The molecule has 0 radical (unpaired) electrons. The molecule has 3 aromatic rings. The maximum absolute atomic E-state index is 13.0. The number of carbonyl (C=O) groups is 2. The van der Waals surface area contributed by atoms with E-state index in [1.54, 1.807) is 19.2 Å². The molecule has 192 valence electrons. The molecule has 0 bridgehead atoms. The zero-order valence-electron chi connectivity index (χ0n) is 21.7. The standard InChI is InChI=1S/C30H38N2O4/c1-4-20(5-2)17-31-29(33)22-12-13-26-25(14-21-8-6-7-9-21)19-32(27(26)15-22)18-24-11-10-23(30(34)35)16-28(24)36-3/h10-13,15-16,19-21H,4-9,14,17-18H2,1-3H3,(H,31,33)(H,34,35). The van der Waals surface area contributed by atoms with E-state index in [0.717, 1.165) is 30.3 Å². The van der Waals surface area contributed by atoms with Crippen molar-refractivity contribution in [3.63, 3.8) is 0 Å². The minimum absolute atomic E-state index is 0.0442. The number of methoxy groups -OCH3 is 1. The Morgan fingerprint density at radius 1 is 1.06 bits per heavy atom. The Kier molecular flexibility index (Phi) is 8.34. The Labute approximate surface area is 213 Å². The van der Waals surface area contributed by atoms with Gasteiger partial charge in [-0.2, -0.15) is 0 Å². The summed E-state index contributed by atoms with van der Waals surface area (Å²) in [6.07, 6.45) is 10.5. The Morgan fingerprint density at radius 3 is 2.44 bits per heavy atom. The van der Waals surface area contributed by atoms with Crippen molar-refractivity contribution in [3.8, 4) is 5.75 Å². The number of rotatable bonds is 11. The van der Waals surface area contributed by atoms with Gasteiger partial charge in [0.25, 0.3) is 5.91 Å². The first-order chi connectivity index (χ1) is 17.4. The van der Waals surface area contributed by atoms with Crippen molar-refractivity contribution >= 4 is 22.8 Å². The normalized spacial score (nSPS) is 14.0.